The summed E-state index contributed by atoms with van der Waals surface area (Å²) in [7, 11) is 0. The molecular weight excluding hydrogens is 82.0 g/mol. The number of hydrogen-bond acceptors (Lipinski definition) is 3. The Morgan fingerprint density at radius 2 is 2.50 bits per heavy atom. The Balaban J connectivity index is 2.00. The highest BCUT2D eigenvalue weighted by Crippen LogP contribution is 1.83. The highest BCUT2D eigenvalue weighted by atomic mass is 16.7. The van der Waals surface area contributed by atoms with Gasteiger partial charge in [0.25, 0.3) is 0 Å². The number of hydrogen-bond donors (Lipinski definition) is 1. The first-order valence-corrected chi connectivity index (χ1v) is 1.81. The zero-order valence-corrected chi connectivity index (χ0v) is 3.31. The van der Waals surface area contributed by atoms with Crippen molar-refractivity contribution in [3.63, 3.8) is 0 Å². The first-order chi connectivity index (χ1) is 3.00. The van der Waals surface area contributed by atoms with Gasteiger partial charge in [0.1, 0.15) is 0 Å². The molecule has 1 radical (unpaired) electrons. The second kappa shape index (κ2) is 2.12. The molecule has 0 aromatic rings. The molecule has 0 aromatic carbocycles. The van der Waals surface area contributed by atoms with Crippen LogP contribution < -0.4 is 5.48 Å². The van der Waals surface area contributed by atoms with Crippen LogP contribution in [0.2, 0.25) is 0 Å². The molecule has 1 rings (SSSR count). The first kappa shape index (κ1) is 4.05. The predicted octanol–water partition coefficient (Wildman–Crippen LogP) is -0.343. The molecule has 1 aliphatic heterocycles. The van der Waals surface area contributed by atoms with E-state index in [9.17, 15) is 0 Å². The SMILES string of the molecule is [CH]1NOCCO1. The summed E-state index contributed by atoms with van der Waals surface area (Å²) >= 11 is 0. The Bertz CT molecular complexity index is 24.3. The summed E-state index contributed by atoms with van der Waals surface area (Å²) in [6.45, 7) is 2.72. The van der Waals surface area contributed by atoms with E-state index in [1.807, 2.05) is 0 Å². The van der Waals surface area contributed by atoms with Crippen molar-refractivity contribution >= 4 is 0 Å². The van der Waals surface area contributed by atoms with Crippen molar-refractivity contribution in [3.8, 4) is 0 Å². The summed E-state index contributed by atoms with van der Waals surface area (Å²) in [5, 5.41) is 0. The molecular formula is C3H6NO2. The third-order valence-electron chi connectivity index (χ3n) is 0.518. The van der Waals surface area contributed by atoms with Gasteiger partial charge < -0.3 is 4.74 Å². The van der Waals surface area contributed by atoms with Gasteiger partial charge in [-0.3, -0.25) is 4.84 Å². The average molecular weight is 88.1 g/mol. The van der Waals surface area contributed by atoms with E-state index in [4.69, 9.17) is 4.74 Å². The number of ether oxygens (including phenoxy) is 1. The van der Waals surface area contributed by atoms with Crippen LogP contribution in [-0.4, -0.2) is 13.2 Å². The molecule has 1 aliphatic rings. The van der Waals surface area contributed by atoms with E-state index in [0.717, 1.165) is 0 Å². The Morgan fingerprint density at radius 1 is 1.50 bits per heavy atom. The molecule has 3 heteroatoms. The van der Waals surface area contributed by atoms with Crippen LogP contribution in [0, 0.1) is 6.73 Å². The van der Waals surface area contributed by atoms with Gasteiger partial charge in [-0.25, -0.2) is 0 Å². The molecule has 1 fully saturated rings. The summed E-state index contributed by atoms with van der Waals surface area (Å²) in [6.07, 6.45) is 0. The highest BCUT2D eigenvalue weighted by molar-refractivity contribution is 4.40. The fourth-order valence-corrected chi connectivity index (χ4v) is 0.276. The average Bonchev–Trinajstić information content (AvgIpc) is 1.72. The lowest BCUT2D eigenvalue weighted by Crippen LogP contribution is -2.23. The summed E-state index contributed by atoms with van der Waals surface area (Å²) in [6, 6.07) is 0. The van der Waals surface area contributed by atoms with Crippen LogP contribution in [0.5, 0.6) is 0 Å². The maximum atomic E-state index is 4.71. The molecule has 0 spiro atoms. The number of nitrogens with one attached hydrogen (secondary N) is 1. The van der Waals surface area contributed by atoms with Crippen molar-refractivity contribution in [1.29, 1.82) is 0 Å². The van der Waals surface area contributed by atoms with Crippen LogP contribution in [0.4, 0.5) is 0 Å². The molecule has 0 aliphatic carbocycles. The van der Waals surface area contributed by atoms with Gasteiger partial charge in [0, 0.05) is 0 Å². The third-order valence-corrected chi connectivity index (χ3v) is 0.518. The van der Waals surface area contributed by atoms with Crippen molar-refractivity contribution in [2.24, 2.45) is 0 Å². The van der Waals surface area contributed by atoms with Gasteiger partial charge in [-0.15, -0.1) is 0 Å². The fraction of sp³-hybridized carbons (Fsp3) is 0.667. The summed E-state index contributed by atoms with van der Waals surface area (Å²) in [4.78, 5) is 4.64. The van der Waals surface area contributed by atoms with Gasteiger partial charge >= 0.3 is 0 Å². The smallest absolute Gasteiger partial charge is 0.171 e. The van der Waals surface area contributed by atoms with E-state index in [1.54, 1.807) is 0 Å². The number of rotatable bonds is 0. The molecule has 3 nitrogen and oxygen atoms in total. The maximum Gasteiger partial charge on any atom is 0.171 e. The van der Waals surface area contributed by atoms with Crippen LogP contribution >= 0.6 is 0 Å². The van der Waals surface area contributed by atoms with Gasteiger partial charge in [-0.2, -0.15) is 5.48 Å². The number of hydroxylamine groups is 1. The van der Waals surface area contributed by atoms with Crippen LogP contribution in [0.25, 0.3) is 0 Å². The molecule has 1 saturated heterocycles. The Kier molecular flexibility index (Phi) is 1.43. The zero-order valence-electron chi connectivity index (χ0n) is 3.31. The predicted molar refractivity (Wildman–Crippen MR) is 19.3 cm³/mol. The van der Waals surface area contributed by atoms with Gasteiger partial charge in [0.05, 0.1) is 13.2 Å². The quantitative estimate of drug-likeness (QED) is 0.439. The maximum absolute atomic E-state index is 4.71. The monoisotopic (exact) mass is 88.0 g/mol. The summed E-state index contributed by atoms with van der Waals surface area (Å²) in [5.41, 5.74) is 2.44. The fourth-order valence-electron chi connectivity index (χ4n) is 0.276. The van der Waals surface area contributed by atoms with Crippen LogP contribution in [-0.2, 0) is 9.57 Å². The molecule has 0 unspecified atom stereocenters. The lowest BCUT2D eigenvalue weighted by atomic mass is 10.8. The lowest BCUT2D eigenvalue weighted by molar-refractivity contribution is -0.0647. The second-order valence-electron chi connectivity index (χ2n) is 0.955. The largest absolute Gasteiger partial charge is 0.354 e. The Labute approximate surface area is 36.2 Å². The van der Waals surface area contributed by atoms with Crippen molar-refractivity contribution in [1.82, 2.24) is 5.48 Å². The van der Waals surface area contributed by atoms with Gasteiger partial charge in [-0.05, 0) is 0 Å². The minimum Gasteiger partial charge on any atom is -0.354 e. The Morgan fingerprint density at radius 3 is 2.67 bits per heavy atom. The molecule has 6 heavy (non-hydrogen) atoms. The minimum atomic E-state index is 0.635. The molecule has 0 saturated carbocycles. The molecule has 0 aromatic heterocycles. The van der Waals surface area contributed by atoms with Crippen LogP contribution in [0.15, 0.2) is 0 Å². The van der Waals surface area contributed by atoms with E-state index in [1.165, 1.54) is 6.73 Å². The molecule has 1 heterocycles. The van der Waals surface area contributed by atoms with E-state index in [-0.39, 0.29) is 0 Å². The molecule has 0 atom stereocenters. The topological polar surface area (TPSA) is 30.5 Å². The third kappa shape index (κ3) is 0.931. The van der Waals surface area contributed by atoms with Gasteiger partial charge in [0.2, 0.25) is 0 Å². The Hall–Kier alpha value is -0.120. The van der Waals surface area contributed by atoms with Crippen molar-refractivity contribution < 1.29 is 9.57 Å². The second-order valence-corrected chi connectivity index (χ2v) is 0.955. The van der Waals surface area contributed by atoms with Gasteiger partial charge in [-0.1, -0.05) is 0 Å². The standard InChI is InChI=1S/C3H6NO2/c1-2-6-4-3-5-1/h3-4H,1-2H2. The molecule has 0 bridgehead atoms. The van der Waals surface area contributed by atoms with Crippen LogP contribution in [0.3, 0.4) is 0 Å². The van der Waals surface area contributed by atoms with Crippen molar-refractivity contribution in [2.75, 3.05) is 13.2 Å². The normalized spacial score (nSPS) is 24.0. The highest BCUT2D eigenvalue weighted by Gasteiger charge is 1.94. The summed E-state index contributed by atoms with van der Waals surface area (Å²) < 4.78 is 4.71. The van der Waals surface area contributed by atoms with E-state index in [2.05, 4.69) is 10.3 Å². The minimum absolute atomic E-state index is 0.635. The van der Waals surface area contributed by atoms with Crippen LogP contribution in [0.1, 0.15) is 0 Å². The molecule has 1 N–H and O–H groups in total. The van der Waals surface area contributed by atoms with E-state index < -0.39 is 0 Å². The molecule has 35 valence electrons. The lowest BCUT2D eigenvalue weighted by Gasteiger charge is -2.09. The van der Waals surface area contributed by atoms with Gasteiger partial charge in [0.15, 0.2) is 6.73 Å². The van der Waals surface area contributed by atoms with Crippen molar-refractivity contribution in [3.05, 3.63) is 6.73 Å². The zero-order chi connectivity index (χ0) is 4.24. The molecule has 0 amide bonds. The van der Waals surface area contributed by atoms with E-state index in [0.29, 0.717) is 13.2 Å². The van der Waals surface area contributed by atoms with E-state index >= 15 is 0 Å². The first-order valence-electron chi connectivity index (χ1n) is 1.81. The summed E-state index contributed by atoms with van der Waals surface area (Å²) in [5.74, 6) is 0. The van der Waals surface area contributed by atoms with Crippen molar-refractivity contribution in [2.45, 2.75) is 0 Å².